The van der Waals surface area contributed by atoms with Gasteiger partial charge in [0.2, 0.25) is 5.91 Å². The van der Waals surface area contributed by atoms with E-state index in [9.17, 15) is 9.59 Å². The summed E-state index contributed by atoms with van der Waals surface area (Å²) < 4.78 is 0. The molecule has 6 heteroatoms. The zero-order valence-corrected chi connectivity index (χ0v) is 12.6. The highest BCUT2D eigenvalue weighted by molar-refractivity contribution is 5.97. The van der Waals surface area contributed by atoms with Gasteiger partial charge in [-0.3, -0.25) is 9.59 Å². The van der Waals surface area contributed by atoms with Gasteiger partial charge in [0.15, 0.2) is 0 Å². The normalized spacial score (nSPS) is 15.3. The summed E-state index contributed by atoms with van der Waals surface area (Å²) in [6, 6.07) is 3.52. The first-order chi connectivity index (χ1) is 10.1. The molecule has 0 saturated carbocycles. The van der Waals surface area contributed by atoms with Crippen molar-refractivity contribution in [3.63, 3.8) is 0 Å². The minimum Gasteiger partial charge on any atom is -0.370 e. The standard InChI is InChI=1S/C15H22N4O2/c1-3-5-16-13-9-12(8-11(2)18-13)15(21)19-7-4-6-17-14(20)10-19/h8-9H,3-7,10H2,1-2H3,(H,16,18)(H,17,20). The highest BCUT2D eigenvalue weighted by Crippen LogP contribution is 2.13. The summed E-state index contributed by atoms with van der Waals surface area (Å²) in [5.74, 6) is 0.493. The van der Waals surface area contributed by atoms with Crippen molar-refractivity contribution in [2.45, 2.75) is 26.7 Å². The number of hydrogen-bond acceptors (Lipinski definition) is 4. The van der Waals surface area contributed by atoms with Gasteiger partial charge in [0, 0.05) is 30.9 Å². The molecule has 0 aromatic carbocycles. The Morgan fingerprint density at radius 2 is 2.29 bits per heavy atom. The number of nitrogens with one attached hydrogen (secondary N) is 2. The Morgan fingerprint density at radius 1 is 1.48 bits per heavy atom. The number of aromatic nitrogens is 1. The second-order valence-electron chi connectivity index (χ2n) is 5.24. The quantitative estimate of drug-likeness (QED) is 0.873. The third kappa shape index (κ3) is 4.18. The van der Waals surface area contributed by atoms with E-state index in [0.29, 0.717) is 24.5 Å². The molecular weight excluding hydrogens is 268 g/mol. The molecule has 6 nitrogen and oxygen atoms in total. The lowest BCUT2D eigenvalue weighted by molar-refractivity contribution is -0.121. The number of aryl methyl sites for hydroxylation is 1. The Morgan fingerprint density at radius 3 is 3.05 bits per heavy atom. The minimum atomic E-state index is -0.114. The molecule has 1 aliphatic heterocycles. The molecule has 114 valence electrons. The lowest BCUT2D eigenvalue weighted by Gasteiger charge is -2.19. The predicted molar refractivity (Wildman–Crippen MR) is 81.3 cm³/mol. The van der Waals surface area contributed by atoms with Crippen LogP contribution in [0.15, 0.2) is 12.1 Å². The van der Waals surface area contributed by atoms with Crippen LogP contribution in [0.3, 0.4) is 0 Å². The summed E-state index contributed by atoms with van der Waals surface area (Å²) in [5.41, 5.74) is 1.37. The molecule has 0 bridgehead atoms. The highest BCUT2D eigenvalue weighted by atomic mass is 16.2. The van der Waals surface area contributed by atoms with Crippen LogP contribution in [0.1, 0.15) is 35.8 Å². The van der Waals surface area contributed by atoms with Crippen LogP contribution >= 0.6 is 0 Å². The summed E-state index contributed by atoms with van der Waals surface area (Å²) in [6.07, 6.45) is 1.77. The number of carbonyl (C=O) groups is 2. The van der Waals surface area contributed by atoms with Crippen LogP contribution in [0, 0.1) is 6.92 Å². The summed E-state index contributed by atoms with van der Waals surface area (Å²) in [7, 11) is 0. The van der Waals surface area contributed by atoms with E-state index in [1.807, 2.05) is 6.92 Å². The molecule has 1 aromatic rings. The monoisotopic (exact) mass is 290 g/mol. The Kier molecular flexibility index (Phi) is 5.14. The van der Waals surface area contributed by atoms with E-state index in [1.165, 1.54) is 0 Å². The number of nitrogens with zero attached hydrogens (tertiary/aromatic N) is 2. The third-order valence-electron chi connectivity index (χ3n) is 3.31. The number of rotatable bonds is 4. The maximum atomic E-state index is 12.6. The molecule has 1 fully saturated rings. The van der Waals surface area contributed by atoms with Gasteiger partial charge in [-0.1, -0.05) is 6.92 Å². The van der Waals surface area contributed by atoms with Crippen LogP contribution in [-0.2, 0) is 4.79 Å². The van der Waals surface area contributed by atoms with Crippen LogP contribution < -0.4 is 10.6 Å². The molecule has 0 aliphatic carbocycles. The van der Waals surface area contributed by atoms with Gasteiger partial charge in [-0.15, -0.1) is 0 Å². The highest BCUT2D eigenvalue weighted by Gasteiger charge is 2.21. The van der Waals surface area contributed by atoms with E-state index in [-0.39, 0.29) is 18.4 Å². The summed E-state index contributed by atoms with van der Waals surface area (Å²) in [4.78, 5) is 30.1. The van der Waals surface area contributed by atoms with Crippen LogP contribution in [0.4, 0.5) is 5.82 Å². The molecule has 0 unspecified atom stereocenters. The van der Waals surface area contributed by atoms with Gasteiger partial charge in [0.25, 0.3) is 5.91 Å². The van der Waals surface area contributed by atoms with Crippen molar-refractivity contribution in [3.05, 3.63) is 23.4 Å². The first kappa shape index (κ1) is 15.3. The summed E-state index contributed by atoms with van der Waals surface area (Å²) in [5, 5.41) is 5.97. The molecule has 1 aliphatic rings. The summed E-state index contributed by atoms with van der Waals surface area (Å²) >= 11 is 0. The van der Waals surface area contributed by atoms with Gasteiger partial charge >= 0.3 is 0 Å². The van der Waals surface area contributed by atoms with Crippen molar-refractivity contribution in [1.82, 2.24) is 15.2 Å². The molecule has 0 atom stereocenters. The number of anilines is 1. The molecule has 2 rings (SSSR count). The van der Waals surface area contributed by atoms with Crippen molar-refractivity contribution in [2.24, 2.45) is 0 Å². The van der Waals surface area contributed by atoms with Crippen LogP contribution in [0.5, 0.6) is 0 Å². The average Bonchev–Trinajstić information content (AvgIpc) is 2.68. The second kappa shape index (κ2) is 7.06. The fourth-order valence-corrected chi connectivity index (χ4v) is 2.30. The molecule has 2 heterocycles. The lowest BCUT2D eigenvalue weighted by atomic mass is 10.2. The van der Waals surface area contributed by atoms with Crippen LogP contribution in [0.2, 0.25) is 0 Å². The van der Waals surface area contributed by atoms with Gasteiger partial charge in [0.05, 0.1) is 6.54 Å². The van der Waals surface area contributed by atoms with Crippen molar-refractivity contribution in [1.29, 1.82) is 0 Å². The van der Waals surface area contributed by atoms with Crippen molar-refractivity contribution in [2.75, 3.05) is 31.5 Å². The van der Waals surface area contributed by atoms with Crippen molar-refractivity contribution < 1.29 is 9.59 Å². The minimum absolute atomic E-state index is 0.101. The molecule has 0 radical (unpaired) electrons. The van der Waals surface area contributed by atoms with Crippen LogP contribution in [0.25, 0.3) is 0 Å². The largest absolute Gasteiger partial charge is 0.370 e. The summed E-state index contributed by atoms with van der Waals surface area (Å²) in [6.45, 7) is 6.10. The second-order valence-corrected chi connectivity index (χ2v) is 5.24. The molecule has 1 aromatic heterocycles. The Balaban J connectivity index is 2.17. The number of amides is 2. The average molecular weight is 290 g/mol. The molecular formula is C15H22N4O2. The Bertz CT molecular complexity index is 530. The van der Waals surface area contributed by atoms with Crippen molar-refractivity contribution >= 4 is 17.6 Å². The van der Waals surface area contributed by atoms with E-state index < -0.39 is 0 Å². The maximum Gasteiger partial charge on any atom is 0.254 e. The van der Waals surface area contributed by atoms with Crippen molar-refractivity contribution in [3.8, 4) is 0 Å². The SMILES string of the molecule is CCCNc1cc(C(=O)N2CCCNC(=O)C2)cc(C)n1. The maximum absolute atomic E-state index is 12.6. The van der Waals surface area contributed by atoms with E-state index in [0.717, 1.165) is 25.1 Å². The Hall–Kier alpha value is -2.11. The van der Waals surface area contributed by atoms with E-state index >= 15 is 0 Å². The predicted octanol–water partition coefficient (Wildman–Crippen LogP) is 1.17. The topological polar surface area (TPSA) is 74.3 Å². The van der Waals surface area contributed by atoms with E-state index in [1.54, 1.807) is 17.0 Å². The zero-order chi connectivity index (χ0) is 15.2. The van der Waals surface area contributed by atoms with Gasteiger partial charge in [-0.25, -0.2) is 4.98 Å². The number of hydrogen-bond donors (Lipinski definition) is 2. The Labute approximate surface area is 124 Å². The van der Waals surface area contributed by atoms with E-state index in [4.69, 9.17) is 0 Å². The molecule has 1 saturated heterocycles. The first-order valence-electron chi connectivity index (χ1n) is 7.38. The number of pyridine rings is 1. The molecule has 2 N–H and O–H groups in total. The van der Waals surface area contributed by atoms with Gasteiger partial charge < -0.3 is 15.5 Å². The first-order valence-corrected chi connectivity index (χ1v) is 7.38. The lowest BCUT2D eigenvalue weighted by Crippen LogP contribution is -2.37. The van der Waals surface area contributed by atoms with Gasteiger partial charge in [0.1, 0.15) is 5.82 Å². The van der Waals surface area contributed by atoms with Crippen LogP contribution in [-0.4, -0.2) is 47.9 Å². The molecule has 0 spiro atoms. The van der Waals surface area contributed by atoms with Gasteiger partial charge in [-0.2, -0.15) is 0 Å². The molecule has 21 heavy (non-hydrogen) atoms. The fraction of sp³-hybridized carbons (Fsp3) is 0.533. The number of carbonyl (C=O) groups excluding carboxylic acids is 2. The smallest absolute Gasteiger partial charge is 0.254 e. The molecule has 2 amide bonds. The van der Waals surface area contributed by atoms with E-state index in [2.05, 4.69) is 22.5 Å². The zero-order valence-electron chi connectivity index (χ0n) is 12.6. The van der Waals surface area contributed by atoms with Gasteiger partial charge in [-0.05, 0) is 31.9 Å². The fourth-order valence-electron chi connectivity index (χ4n) is 2.30. The third-order valence-corrected chi connectivity index (χ3v) is 3.31.